The Hall–Kier alpha value is -1.41. The molecule has 3 heterocycles. The monoisotopic (exact) mass is 325 g/mol. The van der Waals surface area contributed by atoms with E-state index in [1.165, 1.54) is 11.5 Å². The molecule has 0 saturated carbocycles. The Morgan fingerprint density at radius 2 is 2.14 bits per heavy atom. The Morgan fingerprint density at radius 3 is 2.82 bits per heavy atom. The molecule has 7 nitrogen and oxygen atoms in total. The third-order valence-electron chi connectivity index (χ3n) is 4.60. The van der Waals surface area contributed by atoms with E-state index in [4.69, 9.17) is 4.74 Å². The number of ether oxygens (including phenoxy) is 1. The number of hydrogen-bond donors (Lipinski definition) is 0. The maximum atomic E-state index is 12.7. The Labute approximate surface area is 135 Å². The van der Waals surface area contributed by atoms with Crippen LogP contribution in [0.1, 0.15) is 12.8 Å². The molecule has 0 N–H and O–H groups in total. The first-order chi connectivity index (χ1) is 10.6. The van der Waals surface area contributed by atoms with Crippen molar-refractivity contribution >= 4 is 28.5 Å². The van der Waals surface area contributed by atoms with E-state index in [2.05, 4.69) is 14.3 Å². The molecule has 22 heavy (non-hydrogen) atoms. The van der Waals surface area contributed by atoms with Gasteiger partial charge in [0.05, 0.1) is 12.0 Å². The summed E-state index contributed by atoms with van der Waals surface area (Å²) in [4.78, 5) is 23.3. The van der Waals surface area contributed by atoms with Crippen molar-refractivity contribution in [1.82, 2.24) is 14.3 Å². The summed E-state index contributed by atoms with van der Waals surface area (Å²) in [5.41, 5.74) is -0.225. The van der Waals surface area contributed by atoms with Crippen LogP contribution in [0.25, 0.3) is 0 Å². The van der Waals surface area contributed by atoms with Crippen molar-refractivity contribution in [3.05, 3.63) is 0 Å². The fourth-order valence-electron chi connectivity index (χ4n) is 3.24. The van der Waals surface area contributed by atoms with Crippen LogP contribution in [-0.2, 0) is 9.53 Å². The number of carbonyl (C=O) groups excluding carboxylic acids is 1. The molecule has 0 aromatic carbocycles. The van der Waals surface area contributed by atoms with Gasteiger partial charge >= 0.3 is 0 Å². The molecule has 122 valence electrons. The Kier molecular flexibility index (Phi) is 4.22. The first-order valence-electron chi connectivity index (χ1n) is 7.60. The molecular weight excluding hydrogens is 302 g/mol. The number of methoxy groups -OCH3 is 1. The second-order valence-corrected chi connectivity index (χ2v) is 6.99. The lowest BCUT2D eigenvalue weighted by Gasteiger charge is -2.23. The highest BCUT2D eigenvalue weighted by Gasteiger charge is 2.51. The highest BCUT2D eigenvalue weighted by Crippen LogP contribution is 2.42. The van der Waals surface area contributed by atoms with Gasteiger partial charge in [-0.2, -0.15) is 9.36 Å². The van der Waals surface area contributed by atoms with Gasteiger partial charge in [0.2, 0.25) is 17.0 Å². The fourth-order valence-corrected chi connectivity index (χ4v) is 4.00. The van der Waals surface area contributed by atoms with Crippen LogP contribution in [0, 0.1) is 5.41 Å². The van der Waals surface area contributed by atoms with Crippen LogP contribution in [-0.4, -0.2) is 74.2 Å². The number of rotatable bonds is 5. The van der Waals surface area contributed by atoms with Crippen molar-refractivity contribution in [3.8, 4) is 0 Å². The van der Waals surface area contributed by atoms with E-state index >= 15 is 0 Å². The van der Waals surface area contributed by atoms with Crippen molar-refractivity contribution in [1.29, 1.82) is 0 Å². The molecule has 1 aromatic heterocycles. The van der Waals surface area contributed by atoms with Gasteiger partial charge < -0.3 is 19.4 Å². The van der Waals surface area contributed by atoms with E-state index in [1.54, 1.807) is 7.11 Å². The quantitative estimate of drug-likeness (QED) is 0.793. The Bertz CT molecular complexity index is 549. The highest BCUT2D eigenvalue weighted by molar-refractivity contribution is 7.09. The smallest absolute Gasteiger partial charge is 0.238 e. The number of carbonyl (C=O) groups is 1. The van der Waals surface area contributed by atoms with E-state index < -0.39 is 0 Å². The van der Waals surface area contributed by atoms with Crippen LogP contribution in [0.3, 0.4) is 0 Å². The second kappa shape index (κ2) is 6.00. The first kappa shape index (κ1) is 15.5. The number of amides is 1. The molecule has 1 unspecified atom stereocenters. The zero-order valence-corrected chi connectivity index (χ0v) is 14.2. The van der Waals surface area contributed by atoms with Crippen LogP contribution in [0.5, 0.6) is 0 Å². The minimum atomic E-state index is -0.225. The average molecular weight is 325 g/mol. The van der Waals surface area contributed by atoms with Crippen molar-refractivity contribution in [2.24, 2.45) is 5.41 Å². The van der Waals surface area contributed by atoms with Gasteiger partial charge in [0.1, 0.15) is 0 Å². The van der Waals surface area contributed by atoms with Crippen LogP contribution in [0.15, 0.2) is 0 Å². The van der Waals surface area contributed by atoms with E-state index in [0.29, 0.717) is 13.2 Å². The fraction of sp³-hybridized carbons (Fsp3) is 0.786. The number of nitrogens with zero attached hydrogens (tertiary/aromatic N) is 5. The van der Waals surface area contributed by atoms with E-state index in [-0.39, 0.29) is 11.3 Å². The van der Waals surface area contributed by atoms with Gasteiger partial charge in [-0.3, -0.25) is 4.79 Å². The summed E-state index contributed by atoms with van der Waals surface area (Å²) < 4.78 is 9.45. The SMILES string of the molecule is COCCN1CCC2(CCN(c3nc(N(C)C)ns3)C2)C1=O. The molecule has 2 saturated heterocycles. The molecule has 0 aliphatic carbocycles. The van der Waals surface area contributed by atoms with Gasteiger partial charge in [0, 0.05) is 58.9 Å². The summed E-state index contributed by atoms with van der Waals surface area (Å²) >= 11 is 1.41. The predicted octanol–water partition coefficient (Wildman–Crippen LogP) is 0.679. The Morgan fingerprint density at radius 1 is 1.36 bits per heavy atom. The molecule has 2 aliphatic rings. The number of anilines is 2. The standard InChI is InChI=1S/C14H23N5O2S/c1-17(2)12-15-13(22-16-12)19-7-5-14(10-19)4-6-18(11(14)20)8-9-21-3/h4-10H2,1-3H3. The summed E-state index contributed by atoms with van der Waals surface area (Å²) in [7, 11) is 5.54. The molecule has 3 rings (SSSR count). The summed E-state index contributed by atoms with van der Waals surface area (Å²) in [5.74, 6) is 1.02. The lowest BCUT2D eigenvalue weighted by atomic mass is 9.85. The van der Waals surface area contributed by atoms with E-state index in [1.807, 2.05) is 23.9 Å². The number of likely N-dealkylation sites (tertiary alicyclic amines) is 1. The largest absolute Gasteiger partial charge is 0.383 e. The maximum Gasteiger partial charge on any atom is 0.238 e. The van der Waals surface area contributed by atoms with E-state index in [9.17, 15) is 4.79 Å². The molecule has 2 fully saturated rings. The van der Waals surface area contributed by atoms with Gasteiger partial charge in [0.15, 0.2) is 0 Å². The zero-order chi connectivity index (χ0) is 15.7. The van der Waals surface area contributed by atoms with Crippen molar-refractivity contribution in [3.63, 3.8) is 0 Å². The summed E-state index contributed by atoms with van der Waals surface area (Å²) in [6.45, 7) is 3.78. The second-order valence-electron chi connectivity index (χ2n) is 6.26. The van der Waals surface area contributed by atoms with Gasteiger partial charge in [0.25, 0.3) is 0 Å². The molecule has 1 amide bonds. The van der Waals surface area contributed by atoms with Gasteiger partial charge in [-0.1, -0.05) is 0 Å². The van der Waals surface area contributed by atoms with Crippen LogP contribution in [0.2, 0.25) is 0 Å². The summed E-state index contributed by atoms with van der Waals surface area (Å²) in [6, 6.07) is 0. The summed E-state index contributed by atoms with van der Waals surface area (Å²) in [5, 5.41) is 0.920. The molecule has 0 bridgehead atoms. The number of aromatic nitrogens is 2. The molecule has 1 aromatic rings. The van der Waals surface area contributed by atoms with Crippen LogP contribution >= 0.6 is 11.5 Å². The molecule has 8 heteroatoms. The molecule has 0 radical (unpaired) electrons. The Balaban J connectivity index is 1.67. The minimum Gasteiger partial charge on any atom is -0.383 e. The first-order valence-corrected chi connectivity index (χ1v) is 8.37. The van der Waals surface area contributed by atoms with Gasteiger partial charge in [-0.15, -0.1) is 0 Å². The van der Waals surface area contributed by atoms with Crippen molar-refractivity contribution < 1.29 is 9.53 Å². The average Bonchev–Trinajstić information content (AvgIpc) is 3.20. The minimum absolute atomic E-state index is 0.225. The topological polar surface area (TPSA) is 61.8 Å². The van der Waals surface area contributed by atoms with E-state index in [0.717, 1.165) is 43.6 Å². The predicted molar refractivity (Wildman–Crippen MR) is 86.6 cm³/mol. The highest BCUT2D eigenvalue weighted by atomic mass is 32.1. The molecule has 1 atom stereocenters. The molecular formula is C14H23N5O2S. The zero-order valence-electron chi connectivity index (χ0n) is 13.4. The van der Waals surface area contributed by atoms with Gasteiger partial charge in [-0.25, -0.2) is 0 Å². The normalized spacial score (nSPS) is 24.8. The lowest BCUT2D eigenvalue weighted by Crippen LogP contribution is -2.38. The summed E-state index contributed by atoms with van der Waals surface area (Å²) in [6.07, 6.45) is 1.84. The third kappa shape index (κ3) is 2.65. The molecule has 2 aliphatic heterocycles. The van der Waals surface area contributed by atoms with Crippen molar-refractivity contribution in [2.45, 2.75) is 12.8 Å². The van der Waals surface area contributed by atoms with Crippen LogP contribution in [0.4, 0.5) is 11.1 Å². The van der Waals surface area contributed by atoms with Gasteiger partial charge in [-0.05, 0) is 12.8 Å². The molecule has 1 spiro atoms. The van der Waals surface area contributed by atoms with Crippen LogP contribution < -0.4 is 9.80 Å². The third-order valence-corrected chi connectivity index (χ3v) is 5.36. The number of hydrogen-bond acceptors (Lipinski definition) is 7. The van der Waals surface area contributed by atoms with Crippen molar-refractivity contribution in [2.75, 3.05) is 63.8 Å². The lowest BCUT2D eigenvalue weighted by molar-refractivity contribution is -0.135. The maximum absolute atomic E-state index is 12.7.